The molecular weight excluding hydrogens is 358 g/mol. The smallest absolute Gasteiger partial charge is 0.322 e. The number of aryl methyl sites for hydroxylation is 2. The quantitative estimate of drug-likeness (QED) is 0.541. The predicted octanol–water partition coefficient (Wildman–Crippen LogP) is 5.85. The maximum atomic E-state index is 13.0. The van der Waals surface area contributed by atoms with Crippen molar-refractivity contribution in [1.82, 2.24) is 9.47 Å². The molecule has 0 aliphatic rings. The Morgan fingerprint density at radius 3 is 2.52 bits per heavy atom. The molecule has 2 amide bonds. The number of anilines is 1. The number of rotatable bonds is 7. The minimum absolute atomic E-state index is 0.0726. The van der Waals surface area contributed by atoms with Gasteiger partial charge in [0.05, 0.1) is 6.54 Å². The molecule has 1 N–H and O–H groups in total. The van der Waals surface area contributed by atoms with E-state index >= 15 is 0 Å². The van der Waals surface area contributed by atoms with Crippen molar-refractivity contribution < 1.29 is 4.79 Å². The fourth-order valence-electron chi connectivity index (χ4n) is 3.48. The second-order valence-electron chi connectivity index (χ2n) is 7.82. The van der Waals surface area contributed by atoms with E-state index in [1.54, 1.807) is 0 Å². The lowest BCUT2D eigenvalue weighted by Gasteiger charge is -2.27. The van der Waals surface area contributed by atoms with Crippen LogP contribution in [0.3, 0.4) is 0 Å². The molecule has 0 fully saturated rings. The zero-order valence-corrected chi connectivity index (χ0v) is 17.9. The highest BCUT2D eigenvalue weighted by Crippen LogP contribution is 2.16. The molecule has 0 aliphatic heterocycles. The van der Waals surface area contributed by atoms with Crippen LogP contribution in [-0.4, -0.2) is 21.5 Å². The number of benzene rings is 2. The largest absolute Gasteiger partial charge is 0.345 e. The van der Waals surface area contributed by atoms with Crippen LogP contribution in [0.4, 0.5) is 10.5 Å². The van der Waals surface area contributed by atoms with Gasteiger partial charge in [-0.3, -0.25) is 0 Å². The summed E-state index contributed by atoms with van der Waals surface area (Å²) < 4.78 is 2.22. The van der Waals surface area contributed by atoms with Gasteiger partial charge in [-0.25, -0.2) is 4.79 Å². The van der Waals surface area contributed by atoms with Gasteiger partial charge in [-0.15, -0.1) is 0 Å². The fourth-order valence-corrected chi connectivity index (χ4v) is 3.48. The normalized spacial score (nSPS) is 10.9. The maximum Gasteiger partial charge on any atom is 0.322 e. The van der Waals surface area contributed by atoms with E-state index in [4.69, 9.17) is 0 Å². The molecule has 0 spiro atoms. The van der Waals surface area contributed by atoms with Crippen LogP contribution < -0.4 is 5.32 Å². The third-order valence-corrected chi connectivity index (χ3v) is 5.16. The minimum Gasteiger partial charge on any atom is -0.345 e. The van der Waals surface area contributed by atoms with Crippen LogP contribution in [0.15, 0.2) is 66.9 Å². The van der Waals surface area contributed by atoms with Gasteiger partial charge in [-0.05, 0) is 62.6 Å². The Hall–Kier alpha value is -3.01. The molecule has 3 aromatic rings. The van der Waals surface area contributed by atoms with Crippen LogP contribution in [0.25, 0.3) is 0 Å². The van der Waals surface area contributed by atoms with Crippen molar-refractivity contribution in [1.29, 1.82) is 0 Å². The zero-order chi connectivity index (χ0) is 20.8. The van der Waals surface area contributed by atoms with Crippen molar-refractivity contribution in [3.8, 4) is 0 Å². The van der Waals surface area contributed by atoms with Crippen molar-refractivity contribution in [2.75, 3.05) is 5.32 Å². The highest BCUT2D eigenvalue weighted by Gasteiger charge is 2.19. The first-order valence-electron chi connectivity index (χ1n) is 10.3. The lowest BCUT2D eigenvalue weighted by molar-refractivity contribution is 0.192. The Bertz CT molecular complexity index is 958. The number of hydrogen-bond acceptors (Lipinski definition) is 1. The molecule has 0 radical (unpaired) electrons. The highest BCUT2D eigenvalue weighted by molar-refractivity contribution is 5.89. The van der Waals surface area contributed by atoms with Crippen LogP contribution in [0, 0.1) is 6.92 Å². The van der Waals surface area contributed by atoms with E-state index < -0.39 is 0 Å². The fraction of sp³-hybridized carbons (Fsp3) is 0.320. The summed E-state index contributed by atoms with van der Waals surface area (Å²) >= 11 is 0. The monoisotopic (exact) mass is 389 g/mol. The minimum atomic E-state index is -0.0726. The average molecular weight is 390 g/mol. The molecule has 0 unspecified atom stereocenters. The summed E-state index contributed by atoms with van der Waals surface area (Å²) in [5, 5.41) is 3.06. The lowest BCUT2D eigenvalue weighted by Crippen LogP contribution is -2.40. The molecule has 1 aromatic heterocycles. The SMILES string of the molecule is CCc1cccc(NC(=O)N(Cc2cccn2Cc2cccc(C)c2)C(C)C)c1. The van der Waals surface area contributed by atoms with Crippen molar-refractivity contribution in [3.63, 3.8) is 0 Å². The van der Waals surface area contributed by atoms with E-state index in [9.17, 15) is 4.79 Å². The van der Waals surface area contributed by atoms with Gasteiger partial charge in [0.15, 0.2) is 0 Å². The Kier molecular flexibility index (Phi) is 6.76. The van der Waals surface area contributed by atoms with E-state index in [-0.39, 0.29) is 12.1 Å². The summed E-state index contributed by atoms with van der Waals surface area (Å²) in [4.78, 5) is 14.9. The molecule has 4 heteroatoms. The van der Waals surface area contributed by atoms with Crippen LogP contribution >= 0.6 is 0 Å². The van der Waals surface area contributed by atoms with Gasteiger partial charge in [0, 0.05) is 30.2 Å². The number of carbonyl (C=O) groups is 1. The topological polar surface area (TPSA) is 37.3 Å². The summed E-state index contributed by atoms with van der Waals surface area (Å²) in [6.07, 6.45) is 3.03. The van der Waals surface area contributed by atoms with Gasteiger partial charge < -0.3 is 14.8 Å². The third kappa shape index (κ3) is 5.50. The summed E-state index contributed by atoms with van der Waals surface area (Å²) in [6, 6.07) is 20.7. The van der Waals surface area contributed by atoms with E-state index in [2.05, 4.69) is 80.2 Å². The summed E-state index contributed by atoms with van der Waals surface area (Å²) in [5.41, 5.74) is 5.70. The summed E-state index contributed by atoms with van der Waals surface area (Å²) in [6.45, 7) is 9.69. The molecule has 0 atom stereocenters. The standard InChI is InChI=1S/C25H31N3O/c1-5-21-10-7-12-23(16-21)26-25(29)28(19(2)3)18-24-13-8-14-27(24)17-22-11-6-9-20(4)15-22/h6-16,19H,5,17-18H2,1-4H3,(H,26,29). The Balaban J connectivity index is 1.74. The van der Waals surface area contributed by atoms with Gasteiger partial charge >= 0.3 is 6.03 Å². The molecule has 0 aliphatic carbocycles. The van der Waals surface area contributed by atoms with Crippen molar-refractivity contribution in [3.05, 3.63) is 89.2 Å². The molecule has 3 rings (SSSR count). The van der Waals surface area contributed by atoms with Crippen LogP contribution in [0.5, 0.6) is 0 Å². The number of hydrogen-bond donors (Lipinski definition) is 1. The predicted molar refractivity (Wildman–Crippen MR) is 120 cm³/mol. The number of nitrogens with one attached hydrogen (secondary N) is 1. The van der Waals surface area contributed by atoms with Gasteiger partial charge in [0.1, 0.15) is 0 Å². The number of carbonyl (C=O) groups excluding carboxylic acids is 1. The highest BCUT2D eigenvalue weighted by atomic mass is 16.2. The Labute approximate surface area is 174 Å². The molecular formula is C25H31N3O. The third-order valence-electron chi connectivity index (χ3n) is 5.16. The molecule has 2 aromatic carbocycles. The van der Waals surface area contributed by atoms with Gasteiger partial charge in [-0.1, -0.05) is 48.9 Å². The molecule has 29 heavy (non-hydrogen) atoms. The first-order chi connectivity index (χ1) is 14.0. The number of nitrogens with zero attached hydrogens (tertiary/aromatic N) is 2. The van der Waals surface area contributed by atoms with Gasteiger partial charge in [0.2, 0.25) is 0 Å². The van der Waals surface area contributed by atoms with E-state index in [1.165, 1.54) is 16.7 Å². The van der Waals surface area contributed by atoms with E-state index in [0.29, 0.717) is 6.54 Å². The van der Waals surface area contributed by atoms with Crippen LogP contribution in [-0.2, 0) is 19.5 Å². The Morgan fingerprint density at radius 1 is 1.03 bits per heavy atom. The molecule has 152 valence electrons. The summed E-state index contributed by atoms with van der Waals surface area (Å²) in [5.74, 6) is 0. The van der Waals surface area contributed by atoms with E-state index in [0.717, 1.165) is 24.3 Å². The number of urea groups is 1. The summed E-state index contributed by atoms with van der Waals surface area (Å²) in [7, 11) is 0. The molecule has 0 saturated carbocycles. The molecule has 0 bridgehead atoms. The van der Waals surface area contributed by atoms with Gasteiger partial charge in [0.25, 0.3) is 0 Å². The first-order valence-corrected chi connectivity index (χ1v) is 10.3. The zero-order valence-electron chi connectivity index (χ0n) is 17.9. The first kappa shape index (κ1) is 20.7. The Morgan fingerprint density at radius 2 is 1.79 bits per heavy atom. The molecule has 4 nitrogen and oxygen atoms in total. The lowest BCUT2D eigenvalue weighted by atomic mass is 10.1. The number of aromatic nitrogens is 1. The van der Waals surface area contributed by atoms with Crippen molar-refractivity contribution in [2.45, 2.75) is 53.2 Å². The molecule has 1 heterocycles. The van der Waals surface area contributed by atoms with Crippen LogP contribution in [0.2, 0.25) is 0 Å². The van der Waals surface area contributed by atoms with Crippen molar-refractivity contribution >= 4 is 11.7 Å². The number of amides is 2. The van der Waals surface area contributed by atoms with Crippen molar-refractivity contribution in [2.24, 2.45) is 0 Å². The van der Waals surface area contributed by atoms with Gasteiger partial charge in [-0.2, -0.15) is 0 Å². The second-order valence-corrected chi connectivity index (χ2v) is 7.82. The van der Waals surface area contributed by atoms with Crippen LogP contribution in [0.1, 0.15) is 43.2 Å². The second kappa shape index (κ2) is 9.46. The van der Waals surface area contributed by atoms with E-state index in [1.807, 2.05) is 29.2 Å². The average Bonchev–Trinajstić information content (AvgIpc) is 3.12. The maximum absolute atomic E-state index is 13.0. The molecule has 0 saturated heterocycles.